The Morgan fingerprint density at radius 1 is 1.21 bits per heavy atom. The molecule has 19 heavy (non-hydrogen) atoms. The van der Waals surface area contributed by atoms with Crippen LogP contribution in [0.4, 0.5) is 0 Å². The van der Waals surface area contributed by atoms with Gasteiger partial charge in [0.25, 0.3) is 0 Å². The maximum atomic E-state index is 11.8. The van der Waals surface area contributed by atoms with Crippen LogP contribution in [-0.2, 0) is 6.42 Å². The van der Waals surface area contributed by atoms with E-state index in [1.807, 2.05) is 24.3 Å². The van der Waals surface area contributed by atoms with Crippen molar-refractivity contribution in [2.75, 3.05) is 6.61 Å². The molecule has 0 saturated carbocycles. The smallest absolute Gasteiger partial charge is 0.163 e. The molecule has 2 nitrogen and oxygen atoms in total. The van der Waals surface area contributed by atoms with Crippen LogP contribution in [0.15, 0.2) is 30.9 Å². The van der Waals surface area contributed by atoms with Gasteiger partial charge in [0.1, 0.15) is 5.75 Å². The topological polar surface area (TPSA) is 26.3 Å². The van der Waals surface area contributed by atoms with Gasteiger partial charge in [-0.1, -0.05) is 12.1 Å². The van der Waals surface area contributed by atoms with Crippen molar-refractivity contribution in [1.82, 2.24) is 0 Å². The van der Waals surface area contributed by atoms with E-state index < -0.39 is 0 Å². The maximum absolute atomic E-state index is 11.8. The van der Waals surface area contributed by atoms with Crippen LogP contribution in [0.5, 0.6) is 5.75 Å². The first-order valence-electron chi connectivity index (χ1n) is 7.21. The molecule has 0 unspecified atom stereocenters. The summed E-state index contributed by atoms with van der Waals surface area (Å²) in [6.45, 7) is 4.44. The van der Waals surface area contributed by atoms with Gasteiger partial charge in [-0.3, -0.25) is 4.79 Å². The number of hydrogen-bond donors (Lipinski definition) is 0. The first kappa shape index (κ1) is 13.9. The summed E-state index contributed by atoms with van der Waals surface area (Å²) in [7, 11) is 0. The Labute approximate surface area is 115 Å². The number of aryl methyl sites for hydroxylation is 1. The number of Topliss-reactive ketones (excluding diaryl/α,β-unsaturated/α-hetero) is 1. The minimum Gasteiger partial charge on any atom is -0.494 e. The summed E-state index contributed by atoms with van der Waals surface area (Å²) in [6.07, 6.45) is 9.10. The zero-order valence-electron chi connectivity index (χ0n) is 11.5. The van der Waals surface area contributed by atoms with Crippen LogP contribution in [0.25, 0.3) is 0 Å². The molecule has 0 N–H and O–H groups in total. The van der Waals surface area contributed by atoms with Gasteiger partial charge in [-0.2, -0.15) is 0 Å². The van der Waals surface area contributed by atoms with Crippen LogP contribution >= 0.6 is 0 Å². The molecule has 0 amide bonds. The minimum atomic E-state index is 0.262. The number of rotatable bonds is 7. The molecule has 0 bridgehead atoms. The van der Waals surface area contributed by atoms with Crippen molar-refractivity contribution in [1.29, 1.82) is 0 Å². The Morgan fingerprint density at radius 2 is 2.11 bits per heavy atom. The molecule has 0 saturated heterocycles. The number of benzene rings is 1. The fraction of sp³-hybridized carbons (Fsp3) is 0.471. The molecular formula is C17H22O2. The number of allylic oxidation sites excluding steroid dienone is 1. The molecule has 1 aliphatic carbocycles. The third kappa shape index (κ3) is 3.95. The predicted octanol–water partition coefficient (Wildman–Crippen LogP) is 4.33. The summed E-state index contributed by atoms with van der Waals surface area (Å²) in [5.74, 6) is 1.09. The van der Waals surface area contributed by atoms with E-state index in [-0.39, 0.29) is 5.78 Å². The van der Waals surface area contributed by atoms with E-state index >= 15 is 0 Å². The average Bonchev–Trinajstić information content (AvgIpc) is 2.43. The monoisotopic (exact) mass is 258 g/mol. The molecule has 1 aliphatic rings. The quantitative estimate of drug-likeness (QED) is 0.537. The number of carbonyl (C=O) groups excluding carboxylic acids is 1. The first-order chi connectivity index (χ1) is 9.31. The van der Waals surface area contributed by atoms with Gasteiger partial charge in [-0.05, 0) is 56.2 Å². The largest absolute Gasteiger partial charge is 0.494 e. The Morgan fingerprint density at radius 3 is 2.95 bits per heavy atom. The van der Waals surface area contributed by atoms with E-state index in [4.69, 9.17) is 4.74 Å². The van der Waals surface area contributed by atoms with Crippen molar-refractivity contribution < 1.29 is 9.53 Å². The summed E-state index contributed by atoms with van der Waals surface area (Å²) < 4.78 is 5.72. The minimum absolute atomic E-state index is 0.262. The standard InChI is InChI=1S/C17H22O2/c1-2-3-4-5-6-12-19-15-11-10-14-8-7-9-17(18)16(14)13-15/h2,10-11,13H,1,3-9,12H2. The number of unbranched alkanes of at least 4 members (excludes halogenated alkanes) is 3. The van der Waals surface area contributed by atoms with Gasteiger partial charge < -0.3 is 4.74 Å². The zero-order chi connectivity index (χ0) is 13.5. The van der Waals surface area contributed by atoms with Gasteiger partial charge in [-0.15, -0.1) is 6.58 Å². The van der Waals surface area contributed by atoms with Gasteiger partial charge in [-0.25, -0.2) is 0 Å². The second kappa shape index (κ2) is 7.13. The number of hydrogen-bond acceptors (Lipinski definition) is 2. The van der Waals surface area contributed by atoms with E-state index in [0.29, 0.717) is 6.42 Å². The van der Waals surface area contributed by atoms with Gasteiger partial charge >= 0.3 is 0 Å². The lowest BCUT2D eigenvalue weighted by Crippen LogP contribution is -2.11. The summed E-state index contributed by atoms with van der Waals surface area (Å²) in [6, 6.07) is 5.95. The molecule has 2 heteroatoms. The lowest BCUT2D eigenvalue weighted by molar-refractivity contribution is 0.0972. The van der Waals surface area contributed by atoms with Crippen LogP contribution in [0.3, 0.4) is 0 Å². The average molecular weight is 258 g/mol. The Bertz CT molecular complexity index is 449. The fourth-order valence-electron chi connectivity index (χ4n) is 2.45. The molecule has 1 aromatic carbocycles. The molecule has 0 fully saturated rings. The van der Waals surface area contributed by atoms with Crippen LogP contribution in [-0.4, -0.2) is 12.4 Å². The first-order valence-corrected chi connectivity index (χ1v) is 7.21. The van der Waals surface area contributed by atoms with Crippen molar-refractivity contribution in [2.45, 2.75) is 44.9 Å². The number of fused-ring (bicyclic) bond motifs is 1. The lowest BCUT2D eigenvalue weighted by atomic mass is 9.90. The van der Waals surface area contributed by atoms with E-state index in [1.54, 1.807) is 0 Å². The number of carbonyl (C=O) groups is 1. The van der Waals surface area contributed by atoms with Crippen LogP contribution in [0, 0.1) is 0 Å². The van der Waals surface area contributed by atoms with E-state index in [2.05, 4.69) is 6.58 Å². The highest BCUT2D eigenvalue weighted by Crippen LogP contribution is 2.25. The van der Waals surface area contributed by atoms with Crippen LogP contribution < -0.4 is 4.74 Å². The predicted molar refractivity (Wildman–Crippen MR) is 77.9 cm³/mol. The normalized spacial score (nSPS) is 14.0. The second-order valence-corrected chi connectivity index (χ2v) is 5.08. The summed E-state index contributed by atoms with van der Waals surface area (Å²) >= 11 is 0. The fourth-order valence-corrected chi connectivity index (χ4v) is 2.45. The van der Waals surface area contributed by atoms with E-state index in [1.165, 1.54) is 12.0 Å². The zero-order valence-corrected chi connectivity index (χ0v) is 11.5. The molecule has 0 heterocycles. The molecule has 1 aromatic rings. The van der Waals surface area contributed by atoms with Crippen LogP contribution in [0.2, 0.25) is 0 Å². The third-order valence-electron chi connectivity index (χ3n) is 3.55. The van der Waals surface area contributed by atoms with E-state index in [9.17, 15) is 4.79 Å². The van der Waals surface area contributed by atoms with Gasteiger partial charge in [0.05, 0.1) is 6.61 Å². The lowest BCUT2D eigenvalue weighted by Gasteiger charge is -2.15. The van der Waals surface area contributed by atoms with Crippen molar-refractivity contribution in [3.63, 3.8) is 0 Å². The van der Waals surface area contributed by atoms with Crippen molar-refractivity contribution in [3.8, 4) is 5.75 Å². The van der Waals surface area contributed by atoms with Crippen molar-refractivity contribution in [2.24, 2.45) is 0 Å². The van der Waals surface area contributed by atoms with Gasteiger partial charge in [0, 0.05) is 12.0 Å². The van der Waals surface area contributed by atoms with E-state index in [0.717, 1.165) is 50.0 Å². The number of ether oxygens (including phenoxy) is 1. The molecule has 102 valence electrons. The van der Waals surface area contributed by atoms with Gasteiger partial charge in [0.2, 0.25) is 0 Å². The second-order valence-electron chi connectivity index (χ2n) is 5.08. The highest BCUT2D eigenvalue weighted by molar-refractivity contribution is 5.98. The highest BCUT2D eigenvalue weighted by atomic mass is 16.5. The molecule has 0 radical (unpaired) electrons. The molecule has 0 atom stereocenters. The van der Waals surface area contributed by atoms with Crippen molar-refractivity contribution >= 4 is 5.78 Å². The van der Waals surface area contributed by atoms with Gasteiger partial charge in [0.15, 0.2) is 5.78 Å². The Hall–Kier alpha value is -1.57. The summed E-state index contributed by atoms with van der Waals surface area (Å²) in [4.78, 5) is 11.8. The molecule has 0 aromatic heterocycles. The highest BCUT2D eigenvalue weighted by Gasteiger charge is 2.17. The Balaban J connectivity index is 1.83. The molecule has 2 rings (SSSR count). The Kier molecular flexibility index (Phi) is 5.20. The SMILES string of the molecule is C=CCCCCCOc1ccc2c(c1)C(=O)CCC2. The summed E-state index contributed by atoms with van der Waals surface area (Å²) in [5, 5.41) is 0. The number of ketones is 1. The third-order valence-corrected chi connectivity index (χ3v) is 3.55. The summed E-state index contributed by atoms with van der Waals surface area (Å²) in [5.41, 5.74) is 2.05. The molecular weight excluding hydrogens is 236 g/mol. The molecule has 0 aliphatic heterocycles. The van der Waals surface area contributed by atoms with Crippen molar-refractivity contribution in [3.05, 3.63) is 42.0 Å². The molecule has 0 spiro atoms. The van der Waals surface area contributed by atoms with Crippen LogP contribution in [0.1, 0.15) is 54.4 Å². The maximum Gasteiger partial charge on any atom is 0.163 e.